The number of Topliss-reactive ketones (excluding diaryl/α,β-unsaturated/α-hetero) is 1. The Balaban J connectivity index is 2.74. The summed E-state index contributed by atoms with van der Waals surface area (Å²) in [6.07, 6.45) is 0.713. The minimum absolute atomic E-state index is 0.0518. The van der Waals surface area contributed by atoms with Crippen LogP contribution in [0.2, 0.25) is 0 Å². The molecule has 1 unspecified atom stereocenters. The monoisotopic (exact) mass is 176 g/mol. The van der Waals surface area contributed by atoms with Crippen LogP contribution in [-0.4, -0.2) is 25.7 Å². The second-order valence-electron chi connectivity index (χ2n) is 3.06. The predicted octanol–water partition coefficient (Wildman–Crippen LogP) is 0.400. The number of carbonyl (C=O) groups excluding carboxylic acids is 1. The molecule has 0 amide bonds. The molecule has 1 rings (SSSR count). The van der Waals surface area contributed by atoms with Gasteiger partial charge in [-0.25, -0.2) is 8.42 Å². The zero-order valence-corrected chi connectivity index (χ0v) is 7.36. The van der Waals surface area contributed by atoms with Crippen LogP contribution in [-0.2, 0) is 14.6 Å². The van der Waals surface area contributed by atoms with Gasteiger partial charge in [-0.05, 0) is 6.42 Å². The molecule has 3 nitrogen and oxygen atoms in total. The van der Waals surface area contributed by atoms with Crippen LogP contribution < -0.4 is 0 Å². The highest BCUT2D eigenvalue weighted by atomic mass is 32.2. The molecule has 0 spiro atoms. The van der Waals surface area contributed by atoms with Gasteiger partial charge in [-0.2, -0.15) is 0 Å². The van der Waals surface area contributed by atoms with Gasteiger partial charge >= 0.3 is 0 Å². The van der Waals surface area contributed by atoms with E-state index in [9.17, 15) is 13.2 Å². The molecular weight excluding hydrogens is 164 g/mol. The van der Waals surface area contributed by atoms with E-state index in [0.717, 1.165) is 0 Å². The zero-order chi connectivity index (χ0) is 8.48. The fraction of sp³-hybridized carbons (Fsp3) is 0.857. The van der Waals surface area contributed by atoms with E-state index in [1.807, 2.05) is 0 Å². The van der Waals surface area contributed by atoms with Crippen LogP contribution in [0.4, 0.5) is 0 Å². The van der Waals surface area contributed by atoms with Crippen molar-refractivity contribution < 1.29 is 13.2 Å². The Morgan fingerprint density at radius 3 is 2.64 bits per heavy atom. The lowest BCUT2D eigenvalue weighted by atomic mass is 10.0. The summed E-state index contributed by atoms with van der Waals surface area (Å²) in [6, 6.07) is 0. The molecule has 1 aliphatic heterocycles. The van der Waals surface area contributed by atoms with Crippen molar-refractivity contribution in [3.05, 3.63) is 0 Å². The molecule has 0 bridgehead atoms. The minimum Gasteiger partial charge on any atom is -0.299 e. The van der Waals surface area contributed by atoms with Crippen molar-refractivity contribution in [1.82, 2.24) is 0 Å². The highest BCUT2D eigenvalue weighted by Gasteiger charge is 2.23. The van der Waals surface area contributed by atoms with Crippen LogP contribution in [0.25, 0.3) is 0 Å². The first-order valence-corrected chi connectivity index (χ1v) is 5.56. The van der Waals surface area contributed by atoms with E-state index in [1.54, 1.807) is 6.92 Å². The van der Waals surface area contributed by atoms with Gasteiger partial charge in [-0.15, -0.1) is 0 Å². The summed E-state index contributed by atoms with van der Waals surface area (Å²) >= 11 is 0. The Bertz CT molecular complexity index is 253. The number of carbonyl (C=O) groups is 1. The van der Waals surface area contributed by atoms with Crippen LogP contribution in [0, 0.1) is 5.92 Å². The molecule has 0 aromatic rings. The first-order chi connectivity index (χ1) is 5.01. The third-order valence-electron chi connectivity index (χ3n) is 2.07. The lowest BCUT2D eigenvalue weighted by Crippen LogP contribution is -2.09. The molecule has 0 radical (unpaired) electrons. The number of hydrogen-bond acceptors (Lipinski definition) is 3. The molecule has 1 heterocycles. The van der Waals surface area contributed by atoms with Gasteiger partial charge in [0.25, 0.3) is 0 Å². The molecule has 0 N–H and O–H groups in total. The first kappa shape index (κ1) is 8.71. The van der Waals surface area contributed by atoms with Crippen molar-refractivity contribution in [1.29, 1.82) is 0 Å². The molecule has 1 aliphatic rings. The Morgan fingerprint density at radius 1 is 1.36 bits per heavy atom. The average Bonchev–Trinajstić information content (AvgIpc) is 2.03. The Kier molecular flexibility index (Phi) is 2.32. The fourth-order valence-corrected chi connectivity index (χ4v) is 2.55. The molecule has 0 aromatic carbocycles. The van der Waals surface area contributed by atoms with Crippen molar-refractivity contribution in [2.45, 2.75) is 19.8 Å². The van der Waals surface area contributed by atoms with Crippen molar-refractivity contribution in [3.63, 3.8) is 0 Å². The largest absolute Gasteiger partial charge is 0.299 e. The number of ketones is 1. The summed E-state index contributed by atoms with van der Waals surface area (Å²) in [5.74, 6) is 0.258. The summed E-state index contributed by atoms with van der Waals surface area (Å²) < 4.78 is 22.0. The summed E-state index contributed by atoms with van der Waals surface area (Å²) in [7, 11) is -2.91. The lowest BCUT2D eigenvalue weighted by molar-refractivity contribution is -0.121. The summed E-state index contributed by atoms with van der Waals surface area (Å²) in [6.45, 7) is 1.79. The van der Waals surface area contributed by atoms with Crippen molar-refractivity contribution in [2.75, 3.05) is 11.5 Å². The van der Waals surface area contributed by atoms with E-state index >= 15 is 0 Å². The van der Waals surface area contributed by atoms with E-state index in [2.05, 4.69) is 0 Å². The lowest BCUT2D eigenvalue weighted by Gasteiger charge is -2.01. The third kappa shape index (κ3) is 2.29. The van der Waals surface area contributed by atoms with Crippen molar-refractivity contribution in [3.8, 4) is 0 Å². The van der Waals surface area contributed by atoms with Gasteiger partial charge in [0.1, 0.15) is 5.78 Å². The van der Waals surface area contributed by atoms with Gasteiger partial charge in [-0.1, -0.05) is 6.92 Å². The second kappa shape index (κ2) is 2.93. The quantitative estimate of drug-likeness (QED) is 0.537. The maximum atomic E-state index is 11.0. The summed E-state index contributed by atoms with van der Waals surface area (Å²) in [5, 5.41) is 0. The zero-order valence-electron chi connectivity index (χ0n) is 6.54. The molecule has 0 aromatic heterocycles. The molecule has 11 heavy (non-hydrogen) atoms. The summed E-state index contributed by atoms with van der Waals surface area (Å²) in [5.41, 5.74) is 0. The Labute approximate surface area is 66.7 Å². The maximum Gasteiger partial charge on any atom is 0.150 e. The number of hydrogen-bond donors (Lipinski definition) is 0. The molecule has 64 valence electrons. The van der Waals surface area contributed by atoms with E-state index in [-0.39, 0.29) is 29.6 Å². The SMILES string of the molecule is CC1CCS(=O)(=O)CCC1=O. The third-order valence-corrected chi connectivity index (χ3v) is 3.75. The van der Waals surface area contributed by atoms with Gasteiger partial charge in [0.2, 0.25) is 0 Å². The predicted molar refractivity (Wildman–Crippen MR) is 42.1 cm³/mol. The van der Waals surface area contributed by atoms with Crippen LogP contribution in [0.15, 0.2) is 0 Å². The fourth-order valence-electron chi connectivity index (χ4n) is 1.12. The van der Waals surface area contributed by atoms with E-state index in [4.69, 9.17) is 0 Å². The first-order valence-electron chi connectivity index (χ1n) is 3.74. The molecule has 0 aliphatic carbocycles. The molecule has 1 atom stereocenters. The Hall–Kier alpha value is -0.380. The normalized spacial score (nSPS) is 31.4. The van der Waals surface area contributed by atoms with E-state index < -0.39 is 9.84 Å². The molecule has 1 saturated heterocycles. The van der Waals surface area contributed by atoms with Gasteiger partial charge in [0, 0.05) is 12.3 Å². The number of rotatable bonds is 0. The average molecular weight is 176 g/mol. The molecule has 4 heteroatoms. The summed E-state index contributed by atoms with van der Waals surface area (Å²) in [4.78, 5) is 11.0. The van der Waals surface area contributed by atoms with Crippen LogP contribution in [0.5, 0.6) is 0 Å². The van der Waals surface area contributed by atoms with Crippen molar-refractivity contribution >= 4 is 15.6 Å². The molecule has 1 fully saturated rings. The molecular formula is C7H12O3S. The van der Waals surface area contributed by atoms with Crippen LogP contribution >= 0.6 is 0 Å². The van der Waals surface area contributed by atoms with Gasteiger partial charge in [-0.3, -0.25) is 4.79 Å². The maximum absolute atomic E-state index is 11.0. The van der Waals surface area contributed by atoms with E-state index in [0.29, 0.717) is 6.42 Å². The highest BCUT2D eigenvalue weighted by molar-refractivity contribution is 7.91. The highest BCUT2D eigenvalue weighted by Crippen LogP contribution is 2.14. The Morgan fingerprint density at radius 2 is 2.00 bits per heavy atom. The second-order valence-corrected chi connectivity index (χ2v) is 5.36. The minimum atomic E-state index is -2.91. The number of sulfone groups is 1. The molecule has 0 saturated carbocycles. The smallest absolute Gasteiger partial charge is 0.150 e. The van der Waals surface area contributed by atoms with Crippen LogP contribution in [0.1, 0.15) is 19.8 Å². The van der Waals surface area contributed by atoms with Gasteiger partial charge in [0.15, 0.2) is 9.84 Å². The van der Waals surface area contributed by atoms with Gasteiger partial charge in [0.05, 0.1) is 11.5 Å². The topological polar surface area (TPSA) is 51.2 Å². The van der Waals surface area contributed by atoms with E-state index in [1.165, 1.54) is 0 Å². The standard InChI is InChI=1S/C7H12O3S/c1-6-2-4-11(9,10)5-3-7(6)8/h6H,2-5H2,1H3. The van der Waals surface area contributed by atoms with Gasteiger partial charge < -0.3 is 0 Å². The van der Waals surface area contributed by atoms with Crippen molar-refractivity contribution in [2.24, 2.45) is 5.92 Å². The van der Waals surface area contributed by atoms with Crippen LogP contribution in [0.3, 0.4) is 0 Å².